The Morgan fingerprint density at radius 1 is 0.933 bits per heavy atom. The van der Waals surface area contributed by atoms with E-state index in [-0.39, 0.29) is 39.9 Å². The predicted octanol–water partition coefficient (Wildman–Crippen LogP) is 3.30. The van der Waals surface area contributed by atoms with Gasteiger partial charge in [0.25, 0.3) is 0 Å². The van der Waals surface area contributed by atoms with Crippen LogP contribution in [0.5, 0.6) is 0 Å². The minimum Gasteiger partial charge on any atom is -0.394 e. The minimum absolute atomic E-state index is 0.0548. The Morgan fingerprint density at radius 2 is 1.60 bits per heavy atom. The van der Waals surface area contributed by atoms with Gasteiger partial charge < -0.3 is 45.2 Å². The van der Waals surface area contributed by atoms with Gasteiger partial charge in [0.15, 0.2) is 6.29 Å². The van der Waals surface area contributed by atoms with Crippen LogP contribution < -0.4 is 0 Å². The Balaban J connectivity index is 1.54. The first-order chi connectivity index (χ1) is 20.8. The van der Waals surface area contributed by atoms with Gasteiger partial charge in [0.05, 0.1) is 30.5 Å². The first kappa shape index (κ1) is 35.7. The second kappa shape index (κ2) is 12.1. The highest BCUT2D eigenvalue weighted by atomic mass is 16.7. The number of aliphatic hydroxyl groups excluding tert-OH is 6. The third kappa shape index (κ3) is 5.48. The third-order valence-corrected chi connectivity index (χ3v) is 14.4. The summed E-state index contributed by atoms with van der Waals surface area (Å²) in [5, 5.41) is 77.2. The molecule has 260 valence electrons. The van der Waals surface area contributed by atoms with E-state index in [1.54, 1.807) is 0 Å². The molecule has 16 atom stereocenters. The molecule has 4 saturated carbocycles. The van der Waals surface area contributed by atoms with Crippen molar-refractivity contribution in [2.24, 2.45) is 45.3 Å². The lowest BCUT2D eigenvalue weighted by Gasteiger charge is -2.72. The summed E-state index contributed by atoms with van der Waals surface area (Å²) >= 11 is 0. The van der Waals surface area contributed by atoms with Gasteiger partial charge in [-0.15, -0.1) is 0 Å². The lowest BCUT2D eigenvalue weighted by Crippen LogP contribution is -2.71. The number of allylic oxidation sites excluding steroid dienone is 2. The molecule has 0 radical (unpaired) electrons. The van der Waals surface area contributed by atoms with E-state index in [0.29, 0.717) is 25.7 Å². The van der Waals surface area contributed by atoms with Crippen LogP contribution in [0.15, 0.2) is 11.6 Å². The molecule has 5 aliphatic rings. The van der Waals surface area contributed by atoms with E-state index in [2.05, 4.69) is 54.5 Å². The van der Waals surface area contributed by atoms with Crippen LogP contribution in [-0.2, 0) is 9.47 Å². The van der Waals surface area contributed by atoms with Crippen molar-refractivity contribution in [3.8, 4) is 0 Å². The Kier molecular flexibility index (Phi) is 9.56. The molecule has 0 aromatic carbocycles. The maximum absolute atomic E-state index is 12.1. The molecule has 1 heterocycles. The highest BCUT2D eigenvalue weighted by Crippen LogP contribution is 2.76. The van der Waals surface area contributed by atoms with Gasteiger partial charge in [0.2, 0.25) is 0 Å². The number of fused-ring (bicyclic) bond motifs is 5. The van der Waals surface area contributed by atoms with Crippen molar-refractivity contribution in [2.45, 2.75) is 161 Å². The van der Waals surface area contributed by atoms with Crippen molar-refractivity contribution >= 4 is 0 Å². The zero-order valence-electron chi connectivity index (χ0n) is 28.8. The van der Waals surface area contributed by atoms with Crippen LogP contribution in [0, 0.1) is 45.3 Å². The molecule has 5 rings (SSSR count). The summed E-state index contributed by atoms with van der Waals surface area (Å²) in [7, 11) is 0. The fourth-order valence-electron chi connectivity index (χ4n) is 11.9. The summed E-state index contributed by atoms with van der Waals surface area (Å²) in [5.41, 5.74) is -1.21. The standard InChI is InChI=1S/C36H62O9/c1-19(2)10-9-13-36(8,43)20-11-15-34(6)26(20)21(38)16-24-33(5)14-12-25(39)32(3,4)30(33)22(17-35(24,34)7)44-31-29(42)28(41)27(40)23(18-37)45-31/h10,20-31,37-43H,9,11-18H2,1-8H3/t20-,21+,22-,23+,24+,25-,26-,27+,28-,29+,30-,31+,33+,34+,35+,36-/m1/s1. The zero-order valence-corrected chi connectivity index (χ0v) is 28.8. The molecule has 9 nitrogen and oxygen atoms in total. The van der Waals surface area contributed by atoms with Crippen LogP contribution in [-0.4, -0.2) is 97.0 Å². The molecule has 9 heteroatoms. The number of ether oxygens (including phenoxy) is 2. The summed E-state index contributed by atoms with van der Waals surface area (Å²) in [5.74, 6) is -0.186. The Labute approximate surface area is 270 Å². The molecule has 0 unspecified atom stereocenters. The monoisotopic (exact) mass is 638 g/mol. The number of hydrogen-bond acceptors (Lipinski definition) is 9. The van der Waals surface area contributed by atoms with Gasteiger partial charge in [-0.1, -0.05) is 46.3 Å². The van der Waals surface area contributed by atoms with Crippen LogP contribution in [0.3, 0.4) is 0 Å². The average molecular weight is 639 g/mol. The van der Waals surface area contributed by atoms with Crippen molar-refractivity contribution in [1.82, 2.24) is 0 Å². The summed E-state index contributed by atoms with van der Waals surface area (Å²) in [6.45, 7) is 16.6. The van der Waals surface area contributed by atoms with Gasteiger partial charge in [-0.25, -0.2) is 0 Å². The maximum Gasteiger partial charge on any atom is 0.186 e. The van der Waals surface area contributed by atoms with Crippen LogP contribution in [0.2, 0.25) is 0 Å². The average Bonchev–Trinajstić information content (AvgIpc) is 3.33. The zero-order chi connectivity index (χ0) is 33.5. The lowest BCUT2D eigenvalue weighted by molar-refractivity contribution is -0.346. The molecule has 0 spiro atoms. The van der Waals surface area contributed by atoms with Gasteiger partial charge in [-0.2, -0.15) is 0 Å². The first-order valence-electron chi connectivity index (χ1n) is 17.4. The molecule has 0 aromatic heterocycles. The van der Waals surface area contributed by atoms with Crippen LogP contribution in [0.1, 0.15) is 107 Å². The molecule has 5 fully saturated rings. The van der Waals surface area contributed by atoms with Gasteiger partial charge in [0, 0.05) is 0 Å². The molecule has 1 saturated heterocycles. The SMILES string of the molecule is CC(C)=CCC[C@@](C)(O)[C@@H]1CC[C@@]2(C)[C@H]1[C@@H](O)C[C@H]1[C@]3(C)CC[C@@H](O)C(C)(C)[C@H]3[C@H](O[C@H]3O[C@@H](CO)[C@H](O)[C@@H](O)[C@@H]3O)C[C@@]12C. The van der Waals surface area contributed by atoms with Crippen molar-refractivity contribution in [3.63, 3.8) is 0 Å². The number of hydrogen-bond donors (Lipinski definition) is 7. The van der Waals surface area contributed by atoms with Crippen LogP contribution >= 0.6 is 0 Å². The van der Waals surface area contributed by atoms with E-state index in [0.717, 1.165) is 25.7 Å². The van der Waals surface area contributed by atoms with Gasteiger partial charge in [-0.3, -0.25) is 0 Å². The molecule has 0 bridgehead atoms. The minimum atomic E-state index is -1.54. The second-order valence-corrected chi connectivity index (χ2v) is 17.5. The van der Waals surface area contributed by atoms with E-state index in [1.165, 1.54) is 5.57 Å². The van der Waals surface area contributed by atoms with Crippen molar-refractivity contribution in [1.29, 1.82) is 0 Å². The molecule has 1 aliphatic heterocycles. The highest BCUT2D eigenvalue weighted by molar-refractivity contribution is 5.22. The highest BCUT2D eigenvalue weighted by Gasteiger charge is 2.73. The quantitative estimate of drug-likeness (QED) is 0.164. The Morgan fingerprint density at radius 3 is 2.22 bits per heavy atom. The number of aliphatic hydroxyl groups is 7. The second-order valence-electron chi connectivity index (χ2n) is 17.5. The topological polar surface area (TPSA) is 160 Å². The summed E-state index contributed by atoms with van der Waals surface area (Å²) in [6.07, 6.45) is -0.603. The van der Waals surface area contributed by atoms with Crippen LogP contribution in [0.4, 0.5) is 0 Å². The van der Waals surface area contributed by atoms with Gasteiger partial charge in [0.1, 0.15) is 24.4 Å². The molecule has 7 N–H and O–H groups in total. The van der Waals surface area contributed by atoms with E-state index in [1.807, 2.05) is 6.92 Å². The van der Waals surface area contributed by atoms with Gasteiger partial charge in [-0.05, 0) is 117 Å². The summed E-state index contributed by atoms with van der Waals surface area (Å²) in [4.78, 5) is 0. The van der Waals surface area contributed by atoms with E-state index in [4.69, 9.17) is 9.47 Å². The number of rotatable bonds is 7. The summed E-state index contributed by atoms with van der Waals surface area (Å²) < 4.78 is 12.6. The smallest absolute Gasteiger partial charge is 0.186 e. The van der Waals surface area contributed by atoms with Gasteiger partial charge >= 0.3 is 0 Å². The van der Waals surface area contributed by atoms with Crippen LogP contribution in [0.25, 0.3) is 0 Å². The third-order valence-electron chi connectivity index (χ3n) is 14.4. The molecule has 0 amide bonds. The van der Waals surface area contributed by atoms with E-state index in [9.17, 15) is 35.7 Å². The maximum atomic E-state index is 12.1. The molecule has 0 aromatic rings. The van der Waals surface area contributed by atoms with Crippen molar-refractivity contribution in [3.05, 3.63) is 11.6 Å². The molecule has 4 aliphatic carbocycles. The largest absolute Gasteiger partial charge is 0.394 e. The lowest BCUT2D eigenvalue weighted by atomic mass is 9.34. The van der Waals surface area contributed by atoms with E-state index < -0.39 is 66.6 Å². The Hall–Kier alpha value is -0.620. The predicted molar refractivity (Wildman–Crippen MR) is 170 cm³/mol. The fraction of sp³-hybridized carbons (Fsp3) is 0.944. The Bertz CT molecular complexity index is 1100. The molecule has 45 heavy (non-hydrogen) atoms. The van der Waals surface area contributed by atoms with Crippen molar-refractivity contribution < 1.29 is 45.2 Å². The molecular formula is C36H62O9. The molecular weight excluding hydrogens is 576 g/mol. The summed E-state index contributed by atoms with van der Waals surface area (Å²) in [6, 6.07) is 0. The van der Waals surface area contributed by atoms with E-state index >= 15 is 0 Å². The van der Waals surface area contributed by atoms with Crippen molar-refractivity contribution in [2.75, 3.05) is 6.61 Å². The fourth-order valence-corrected chi connectivity index (χ4v) is 11.9. The normalized spacial score (nSPS) is 52.2. The first-order valence-corrected chi connectivity index (χ1v) is 17.4.